The molecule has 0 radical (unpaired) electrons. The third-order valence-electron chi connectivity index (χ3n) is 12.8. The number of ether oxygens (including phenoxy) is 4. The summed E-state index contributed by atoms with van der Waals surface area (Å²) in [5, 5.41) is 12.3. The van der Waals surface area contributed by atoms with E-state index in [-0.39, 0.29) is 29.1 Å². The Morgan fingerprint density at radius 3 is 2.46 bits per heavy atom. The number of hydrogen-bond donors (Lipinski definition) is 1. The normalized spacial score (nSPS) is 59.1. The van der Waals surface area contributed by atoms with Gasteiger partial charge in [-0.15, -0.1) is 0 Å². The Bertz CT molecular complexity index is 864. The van der Waals surface area contributed by atoms with E-state index in [1.165, 1.54) is 51.4 Å². The molecular weight excluding hydrogens is 456 g/mol. The highest BCUT2D eigenvalue weighted by Gasteiger charge is 2.87. The van der Waals surface area contributed by atoms with Crippen molar-refractivity contribution in [3.8, 4) is 0 Å². The topological polar surface area (TPSA) is 63.8 Å². The van der Waals surface area contributed by atoms with Crippen LogP contribution in [0.1, 0.15) is 78.1 Å². The molecule has 7 rings (SSSR count). The quantitative estimate of drug-likeness (QED) is 0.320. The van der Waals surface area contributed by atoms with E-state index in [0.717, 1.165) is 37.9 Å². The predicted octanol–water partition coefficient (Wildman–Crippen LogP) is 5.31. The molecule has 0 aromatic heterocycles. The highest BCUT2D eigenvalue weighted by molar-refractivity contribution is 6.80. The molecule has 4 saturated carbocycles. The molecule has 198 valence electrons. The second-order valence-corrected chi connectivity index (χ2v) is 20.3. The van der Waals surface area contributed by atoms with Gasteiger partial charge in [0.05, 0.1) is 26.9 Å². The van der Waals surface area contributed by atoms with Crippen LogP contribution in [-0.4, -0.2) is 61.8 Å². The molecule has 1 N–H and O–H groups in total. The molecule has 3 heterocycles. The van der Waals surface area contributed by atoms with Gasteiger partial charge >= 0.3 is 0 Å². The smallest absolute Gasteiger partial charge is 0.157 e. The van der Waals surface area contributed by atoms with Gasteiger partial charge in [0.2, 0.25) is 0 Å². The van der Waals surface area contributed by atoms with Crippen LogP contribution < -0.4 is 0 Å². The summed E-state index contributed by atoms with van der Waals surface area (Å²) in [4.78, 5) is 0. The van der Waals surface area contributed by atoms with Gasteiger partial charge in [-0.05, 0) is 93.3 Å². The number of aliphatic hydroxyl groups is 1. The third-order valence-corrected chi connectivity index (χ3v) is 15.9. The molecule has 35 heavy (non-hydrogen) atoms. The van der Waals surface area contributed by atoms with Crippen LogP contribution in [0.2, 0.25) is 19.6 Å². The molecule has 5 nitrogen and oxygen atoms in total. The molecule has 3 saturated heterocycles. The first-order chi connectivity index (χ1) is 16.6. The summed E-state index contributed by atoms with van der Waals surface area (Å²) in [5.74, 6) is 2.67. The summed E-state index contributed by atoms with van der Waals surface area (Å²) in [6.07, 6.45) is 12.8. The van der Waals surface area contributed by atoms with Gasteiger partial charge in [-0.1, -0.05) is 33.5 Å². The van der Waals surface area contributed by atoms with Crippen molar-refractivity contribution in [3.63, 3.8) is 0 Å². The summed E-state index contributed by atoms with van der Waals surface area (Å²) in [6, 6.07) is 0. The molecular formula is C29H48O5Si. The summed E-state index contributed by atoms with van der Waals surface area (Å²) < 4.78 is 25.1. The second kappa shape index (κ2) is 7.56. The SMILES string of the molecule is C[C@]12CC[C@H](OC3CCCCO3)C[C@H]1CC[C@H]1[C@@H]3[C@@H]4O[C@@H]4[C@@](O)([C@]4([Si](C)(C)C)CO4)[C@@]3(C)CC[C@@H]12. The van der Waals surface area contributed by atoms with Crippen LogP contribution in [0, 0.1) is 34.5 Å². The van der Waals surface area contributed by atoms with E-state index >= 15 is 0 Å². The van der Waals surface area contributed by atoms with Crippen LogP contribution in [0.5, 0.6) is 0 Å². The molecule has 0 aromatic carbocycles. The standard InChI is InChI=1S/C29H48O5Si/c1-26-13-11-19(33-22-8-6-7-15-31-22)16-18(26)9-10-20-21(26)12-14-27(2)23(20)24-25(34-24)29(27,30)28(17-32-28)35(3,4)5/h18-25,30H,6-17H2,1-5H3/t18-,19+,20-,21+,22?,23-,24+,25+,26+,27+,28-,29+/m1/s1. The van der Waals surface area contributed by atoms with Crippen molar-refractivity contribution in [1.82, 2.24) is 0 Å². The van der Waals surface area contributed by atoms with Crippen molar-refractivity contribution in [1.29, 1.82) is 0 Å². The van der Waals surface area contributed by atoms with Gasteiger partial charge in [-0.3, -0.25) is 0 Å². The van der Waals surface area contributed by atoms with Crippen molar-refractivity contribution in [2.45, 2.75) is 133 Å². The largest absolute Gasteiger partial charge is 0.384 e. The Morgan fingerprint density at radius 1 is 0.971 bits per heavy atom. The van der Waals surface area contributed by atoms with Crippen LogP contribution in [0.15, 0.2) is 0 Å². The molecule has 0 bridgehead atoms. The van der Waals surface area contributed by atoms with Crippen LogP contribution in [0.25, 0.3) is 0 Å². The average molecular weight is 505 g/mol. The summed E-state index contributed by atoms with van der Waals surface area (Å²) >= 11 is 0. The monoisotopic (exact) mass is 504 g/mol. The molecule has 1 unspecified atom stereocenters. The van der Waals surface area contributed by atoms with E-state index in [4.69, 9.17) is 18.9 Å². The van der Waals surface area contributed by atoms with Gasteiger partial charge in [0.15, 0.2) is 6.29 Å². The minimum absolute atomic E-state index is 0.00404. The fraction of sp³-hybridized carbons (Fsp3) is 1.00. The van der Waals surface area contributed by atoms with Crippen LogP contribution in [0.3, 0.4) is 0 Å². The maximum atomic E-state index is 12.6. The average Bonchev–Trinajstić information content (AvgIpc) is 3.72. The Balaban J connectivity index is 1.12. The van der Waals surface area contributed by atoms with Gasteiger partial charge in [0, 0.05) is 12.0 Å². The van der Waals surface area contributed by atoms with Crippen LogP contribution in [-0.2, 0) is 18.9 Å². The molecule has 6 heteroatoms. The molecule has 0 aromatic rings. The Kier molecular flexibility index (Phi) is 5.21. The lowest BCUT2D eigenvalue weighted by molar-refractivity contribution is -0.222. The van der Waals surface area contributed by atoms with E-state index in [1.54, 1.807) is 0 Å². The zero-order valence-corrected chi connectivity index (χ0v) is 23.7. The maximum absolute atomic E-state index is 12.6. The fourth-order valence-electron chi connectivity index (χ4n) is 10.7. The fourth-order valence-corrected chi connectivity index (χ4v) is 13.2. The second-order valence-electron chi connectivity index (χ2n) is 15.0. The van der Waals surface area contributed by atoms with Gasteiger partial charge in [0.1, 0.15) is 16.9 Å². The van der Waals surface area contributed by atoms with E-state index in [1.807, 2.05) is 0 Å². The zero-order chi connectivity index (χ0) is 24.4. The van der Waals surface area contributed by atoms with Crippen molar-refractivity contribution in [2.75, 3.05) is 13.2 Å². The van der Waals surface area contributed by atoms with E-state index in [0.29, 0.717) is 23.4 Å². The Morgan fingerprint density at radius 2 is 1.77 bits per heavy atom. The first-order valence-corrected chi connectivity index (χ1v) is 18.3. The maximum Gasteiger partial charge on any atom is 0.157 e. The van der Waals surface area contributed by atoms with Crippen molar-refractivity contribution >= 4 is 8.07 Å². The highest BCUT2D eigenvalue weighted by atomic mass is 28.3. The first kappa shape index (κ1) is 24.1. The minimum Gasteiger partial charge on any atom is -0.384 e. The third kappa shape index (κ3) is 3.04. The van der Waals surface area contributed by atoms with Gasteiger partial charge in [0.25, 0.3) is 0 Å². The summed E-state index contributed by atoms with van der Waals surface area (Å²) in [5.41, 5.74) is -0.496. The van der Waals surface area contributed by atoms with Gasteiger partial charge in [-0.25, -0.2) is 0 Å². The predicted molar refractivity (Wildman–Crippen MR) is 137 cm³/mol. The summed E-state index contributed by atoms with van der Waals surface area (Å²) in [7, 11) is -1.74. The molecule has 7 aliphatic rings. The zero-order valence-electron chi connectivity index (χ0n) is 22.7. The van der Waals surface area contributed by atoms with Crippen molar-refractivity contribution in [3.05, 3.63) is 0 Å². The molecule has 3 aliphatic heterocycles. The van der Waals surface area contributed by atoms with Crippen LogP contribution in [0.4, 0.5) is 0 Å². The lowest BCUT2D eigenvalue weighted by atomic mass is 9.44. The number of hydrogen-bond acceptors (Lipinski definition) is 5. The molecule has 0 amide bonds. The Labute approximate surface area is 213 Å². The van der Waals surface area contributed by atoms with Crippen molar-refractivity contribution in [2.24, 2.45) is 34.5 Å². The number of fused-ring (bicyclic) bond motifs is 7. The molecule has 12 atom stereocenters. The lowest BCUT2D eigenvalue weighted by Crippen LogP contribution is -2.69. The van der Waals surface area contributed by atoms with E-state index in [2.05, 4.69) is 33.5 Å². The lowest BCUT2D eigenvalue weighted by Gasteiger charge is -2.63. The van der Waals surface area contributed by atoms with Gasteiger partial charge in [-0.2, -0.15) is 0 Å². The molecule has 4 aliphatic carbocycles. The van der Waals surface area contributed by atoms with E-state index in [9.17, 15) is 5.11 Å². The Hall–Kier alpha value is 0.0169. The molecule has 7 fully saturated rings. The minimum atomic E-state index is -1.74. The highest BCUT2D eigenvalue weighted by Crippen LogP contribution is 2.76. The first-order valence-electron chi connectivity index (χ1n) is 14.8. The summed E-state index contributed by atoms with van der Waals surface area (Å²) in [6.45, 7) is 13.8. The van der Waals surface area contributed by atoms with Crippen molar-refractivity contribution < 1.29 is 24.1 Å². The molecule has 0 spiro atoms. The van der Waals surface area contributed by atoms with Crippen LogP contribution >= 0.6 is 0 Å². The van der Waals surface area contributed by atoms with Gasteiger partial charge < -0.3 is 24.1 Å². The number of rotatable bonds is 4. The van der Waals surface area contributed by atoms with E-state index < -0.39 is 13.7 Å². The number of epoxide rings is 2.